The molecule has 10 heteroatoms. The van der Waals surface area contributed by atoms with E-state index < -0.39 is 17.7 Å². The van der Waals surface area contributed by atoms with E-state index in [4.69, 9.17) is 22.3 Å². The zero-order valence-corrected chi connectivity index (χ0v) is 21.8. The van der Waals surface area contributed by atoms with E-state index in [9.17, 15) is 18.4 Å². The molecule has 5 rings (SSSR count). The number of amides is 2. The molecule has 0 aliphatic carbocycles. The van der Waals surface area contributed by atoms with Gasteiger partial charge in [-0.15, -0.1) is 0 Å². The maximum Gasteiger partial charge on any atom is 0.247 e. The largest absolute Gasteiger partial charge is 0.399 e. The van der Waals surface area contributed by atoms with Crippen molar-refractivity contribution in [3.63, 3.8) is 0 Å². The first kappa shape index (κ1) is 25.9. The van der Waals surface area contributed by atoms with E-state index in [0.29, 0.717) is 42.2 Å². The molecule has 1 aromatic heterocycles. The number of nitrogen functional groups attached to an aromatic ring is 1. The van der Waals surface area contributed by atoms with Crippen LogP contribution in [0.1, 0.15) is 55.7 Å². The van der Waals surface area contributed by atoms with Crippen LogP contribution in [0.25, 0.3) is 16.8 Å². The number of halogens is 3. The molecule has 0 fully saturated rings. The lowest BCUT2D eigenvalue weighted by Crippen LogP contribution is -2.38. The van der Waals surface area contributed by atoms with E-state index in [2.05, 4.69) is 10.3 Å². The van der Waals surface area contributed by atoms with E-state index in [1.54, 1.807) is 17.0 Å². The summed E-state index contributed by atoms with van der Waals surface area (Å²) in [6.07, 6.45) is 3.37. The maximum atomic E-state index is 14.6. The van der Waals surface area contributed by atoms with Crippen molar-refractivity contribution < 1.29 is 18.4 Å². The van der Waals surface area contributed by atoms with Crippen molar-refractivity contribution in [2.24, 2.45) is 5.92 Å². The van der Waals surface area contributed by atoms with Crippen LogP contribution >= 0.6 is 11.6 Å². The summed E-state index contributed by atoms with van der Waals surface area (Å²) in [5.41, 5.74) is 9.25. The third-order valence-corrected chi connectivity index (χ3v) is 7.57. The molecule has 0 saturated carbocycles. The molecule has 4 N–H and O–H groups in total. The topological polar surface area (TPSA) is 104 Å². The molecule has 0 saturated heterocycles. The molecule has 2 amide bonds. The second-order valence-corrected chi connectivity index (χ2v) is 10.3. The number of hydrogen-bond acceptors (Lipinski definition) is 4. The number of nitrogens with zero attached hydrogens (tertiary/aromatic N) is 2. The van der Waals surface area contributed by atoms with E-state index >= 15 is 0 Å². The van der Waals surface area contributed by atoms with Crippen LogP contribution in [0.3, 0.4) is 0 Å². The van der Waals surface area contributed by atoms with Crippen LogP contribution in [0.4, 0.5) is 20.2 Å². The molecule has 2 aliphatic rings. The Kier molecular flexibility index (Phi) is 6.96. The minimum Gasteiger partial charge on any atom is -0.399 e. The van der Waals surface area contributed by atoms with Gasteiger partial charge in [0.05, 0.1) is 28.0 Å². The zero-order chi connectivity index (χ0) is 27.1. The van der Waals surface area contributed by atoms with Gasteiger partial charge in [-0.1, -0.05) is 24.9 Å². The number of nitrogens with two attached hydrogens (primary N) is 1. The number of carbonyl (C=O) groups excluding carboxylic acids is 2. The van der Waals surface area contributed by atoms with Gasteiger partial charge in [-0.05, 0) is 62.1 Å². The molecular weight excluding hydrogens is 512 g/mol. The van der Waals surface area contributed by atoms with Crippen molar-refractivity contribution in [2.75, 3.05) is 17.6 Å². The summed E-state index contributed by atoms with van der Waals surface area (Å²) in [7, 11) is 0. The molecule has 198 valence electrons. The molecule has 2 aromatic carbocycles. The van der Waals surface area contributed by atoms with Crippen LogP contribution < -0.4 is 11.1 Å². The Labute approximate surface area is 224 Å². The van der Waals surface area contributed by atoms with Crippen molar-refractivity contribution in [1.29, 1.82) is 0 Å². The van der Waals surface area contributed by atoms with E-state index in [1.165, 1.54) is 6.08 Å². The fraction of sp³-hybridized carbons (Fsp3) is 0.321. The van der Waals surface area contributed by atoms with Gasteiger partial charge in [-0.2, -0.15) is 0 Å². The number of benzene rings is 2. The number of imidazole rings is 1. The Hall–Kier alpha value is -3.72. The Morgan fingerprint density at radius 1 is 1.16 bits per heavy atom. The number of anilines is 2. The number of H-pyrrole nitrogens is 1. The van der Waals surface area contributed by atoms with Gasteiger partial charge >= 0.3 is 0 Å². The molecule has 0 radical (unpaired) electrons. The molecule has 2 aliphatic heterocycles. The smallest absolute Gasteiger partial charge is 0.247 e. The molecule has 0 spiro atoms. The van der Waals surface area contributed by atoms with Crippen LogP contribution in [0.15, 0.2) is 36.4 Å². The van der Waals surface area contributed by atoms with Gasteiger partial charge in [0.1, 0.15) is 11.6 Å². The lowest BCUT2D eigenvalue weighted by molar-refractivity contribution is -0.129. The van der Waals surface area contributed by atoms with Crippen LogP contribution in [0.5, 0.6) is 0 Å². The monoisotopic (exact) mass is 539 g/mol. The number of hydrogen-bond donors (Lipinski definition) is 3. The first-order valence-corrected chi connectivity index (χ1v) is 12.9. The summed E-state index contributed by atoms with van der Waals surface area (Å²) in [6, 6.07) is 7.13. The predicted octanol–water partition coefficient (Wildman–Crippen LogP) is 6.01. The number of aromatic amines is 1. The zero-order valence-electron chi connectivity index (χ0n) is 21.1. The number of aromatic nitrogens is 2. The molecular formula is C28H28ClF2N5O2. The van der Waals surface area contributed by atoms with Gasteiger partial charge < -0.3 is 20.9 Å². The average molecular weight is 540 g/mol. The highest BCUT2D eigenvalue weighted by atomic mass is 35.5. The average Bonchev–Trinajstić information content (AvgIpc) is 3.25. The second kappa shape index (κ2) is 10.2. The van der Waals surface area contributed by atoms with Gasteiger partial charge in [0.25, 0.3) is 0 Å². The quantitative estimate of drug-likeness (QED) is 0.274. The van der Waals surface area contributed by atoms with Crippen molar-refractivity contribution in [3.8, 4) is 11.3 Å². The number of aryl methyl sites for hydroxylation is 1. The van der Waals surface area contributed by atoms with E-state index in [1.807, 2.05) is 19.9 Å². The number of nitrogens with one attached hydrogen (secondary N) is 2. The Morgan fingerprint density at radius 2 is 1.95 bits per heavy atom. The van der Waals surface area contributed by atoms with Gasteiger partial charge in [-0.3, -0.25) is 9.59 Å². The third kappa shape index (κ3) is 4.78. The maximum absolute atomic E-state index is 14.6. The van der Waals surface area contributed by atoms with Gasteiger partial charge in [0, 0.05) is 35.5 Å². The normalized spacial score (nSPS) is 20.2. The third-order valence-electron chi connectivity index (χ3n) is 7.28. The van der Waals surface area contributed by atoms with Crippen molar-refractivity contribution in [3.05, 3.63) is 70.1 Å². The molecule has 0 unspecified atom stereocenters. The molecule has 2 bridgehead atoms. The minimum absolute atomic E-state index is 0.116. The Bertz CT molecular complexity index is 1470. The number of carbonyl (C=O) groups is 2. The highest BCUT2D eigenvalue weighted by molar-refractivity contribution is 6.31. The highest BCUT2D eigenvalue weighted by Gasteiger charge is 2.32. The van der Waals surface area contributed by atoms with E-state index in [0.717, 1.165) is 23.4 Å². The summed E-state index contributed by atoms with van der Waals surface area (Å²) in [6.45, 7) is 4.00. The second-order valence-electron chi connectivity index (χ2n) is 9.91. The van der Waals surface area contributed by atoms with Crippen LogP contribution in [0.2, 0.25) is 5.02 Å². The van der Waals surface area contributed by atoms with Crippen LogP contribution in [-0.4, -0.2) is 33.2 Å². The Morgan fingerprint density at radius 3 is 2.71 bits per heavy atom. The summed E-state index contributed by atoms with van der Waals surface area (Å²) >= 11 is 5.87. The van der Waals surface area contributed by atoms with Gasteiger partial charge in [0.15, 0.2) is 5.82 Å². The molecule has 7 nitrogen and oxygen atoms in total. The van der Waals surface area contributed by atoms with Crippen molar-refractivity contribution in [2.45, 2.75) is 45.6 Å². The first-order chi connectivity index (χ1) is 18.1. The van der Waals surface area contributed by atoms with Gasteiger partial charge in [-0.25, -0.2) is 13.8 Å². The van der Waals surface area contributed by atoms with Crippen LogP contribution in [-0.2, 0) is 9.59 Å². The molecule has 38 heavy (non-hydrogen) atoms. The lowest BCUT2D eigenvalue weighted by atomic mass is 9.95. The first-order valence-electron chi connectivity index (χ1n) is 12.6. The molecule has 2 atom stereocenters. The fourth-order valence-electron chi connectivity index (χ4n) is 5.20. The van der Waals surface area contributed by atoms with Crippen molar-refractivity contribution >= 4 is 40.4 Å². The fourth-order valence-corrected chi connectivity index (χ4v) is 5.36. The standard InChI is InChI=1S/C28H28ClF2N5O2/c1-14-4-3-5-22(36-11-10-16(12-23(36)37)24-20(30)9-8-19(29)25(24)31)27-33-15(2)26(35-27)18-7-6-17(32)13-21(18)34-28(14)38/h6-9,12-14,22H,3-5,10-11,32H2,1-2H3,(H,33,35)(H,34,38)/t14-,22+/m1/s1. The Balaban J connectivity index is 1.54. The molecule has 3 heterocycles. The molecule has 3 aromatic rings. The van der Waals surface area contributed by atoms with Crippen LogP contribution in [0, 0.1) is 24.5 Å². The summed E-state index contributed by atoms with van der Waals surface area (Å²) in [5, 5.41) is 2.80. The SMILES string of the molecule is Cc1[nH]c2nc1-c1ccc(N)cc1NC(=O)[C@H](C)CCC[C@@H]2N1CCC(c2c(F)ccc(Cl)c2F)=CC1=O. The summed E-state index contributed by atoms with van der Waals surface area (Å²) in [4.78, 5) is 36.2. The van der Waals surface area contributed by atoms with Gasteiger partial charge in [0.2, 0.25) is 11.8 Å². The minimum atomic E-state index is -0.872. The number of rotatable bonds is 2. The van der Waals surface area contributed by atoms with E-state index in [-0.39, 0.29) is 46.9 Å². The van der Waals surface area contributed by atoms with Crippen molar-refractivity contribution in [1.82, 2.24) is 14.9 Å². The summed E-state index contributed by atoms with van der Waals surface area (Å²) < 4.78 is 29.1. The predicted molar refractivity (Wildman–Crippen MR) is 143 cm³/mol. The number of fused-ring (bicyclic) bond motifs is 4. The lowest BCUT2D eigenvalue weighted by Gasteiger charge is -2.33. The summed E-state index contributed by atoms with van der Waals surface area (Å²) in [5.74, 6) is -1.76. The highest BCUT2D eigenvalue weighted by Crippen LogP contribution is 2.38.